The third-order valence-electron chi connectivity index (χ3n) is 4.49. The summed E-state index contributed by atoms with van der Waals surface area (Å²) in [5.74, 6) is 0.880. The highest BCUT2D eigenvalue weighted by Crippen LogP contribution is 2.46. The van der Waals surface area contributed by atoms with Gasteiger partial charge in [-0.1, -0.05) is 6.07 Å². The summed E-state index contributed by atoms with van der Waals surface area (Å²) in [4.78, 5) is 12.9. The van der Waals surface area contributed by atoms with Crippen LogP contribution in [0, 0.1) is 11.7 Å². The van der Waals surface area contributed by atoms with Crippen molar-refractivity contribution in [1.29, 1.82) is 0 Å². The van der Waals surface area contributed by atoms with E-state index in [1.54, 1.807) is 30.2 Å². The fourth-order valence-electron chi connectivity index (χ4n) is 3.30. The Labute approximate surface area is 138 Å². The molecule has 0 saturated carbocycles. The van der Waals surface area contributed by atoms with Gasteiger partial charge < -0.3 is 4.74 Å². The molecule has 118 valence electrons. The molecule has 1 saturated heterocycles. The van der Waals surface area contributed by atoms with Crippen LogP contribution in [0.15, 0.2) is 41.9 Å². The van der Waals surface area contributed by atoms with Crippen LogP contribution in [0.2, 0.25) is 0 Å². The van der Waals surface area contributed by atoms with Crippen LogP contribution < -0.4 is 0 Å². The fraction of sp³-hybridized carbons (Fsp3) is 0.353. The average molecular weight is 329 g/mol. The Morgan fingerprint density at radius 1 is 1.26 bits per heavy atom. The summed E-state index contributed by atoms with van der Waals surface area (Å²) < 4.78 is 20.4. The molecule has 2 atom stereocenters. The molecule has 0 bridgehead atoms. The molecule has 1 aromatic carbocycles. The first-order valence-electron chi connectivity index (χ1n) is 7.51. The molecule has 4 rings (SSSR count). The molecule has 0 aliphatic carbocycles. The van der Waals surface area contributed by atoms with Crippen molar-refractivity contribution in [2.24, 2.45) is 10.9 Å². The first kappa shape index (κ1) is 14.8. The van der Waals surface area contributed by atoms with Gasteiger partial charge in [-0.15, -0.1) is 11.8 Å². The lowest BCUT2D eigenvalue weighted by atomic mass is 9.80. The van der Waals surface area contributed by atoms with E-state index in [1.165, 1.54) is 12.4 Å². The average Bonchev–Trinajstić information content (AvgIpc) is 3.00. The third-order valence-corrected chi connectivity index (χ3v) is 5.57. The normalized spacial score (nSPS) is 26.7. The number of hydrogen-bond donors (Lipinski definition) is 0. The lowest BCUT2D eigenvalue weighted by molar-refractivity contribution is 0.176. The van der Waals surface area contributed by atoms with Gasteiger partial charge in [0.25, 0.3) is 0 Å². The number of aromatic nitrogens is 2. The minimum Gasteiger partial charge on any atom is -0.378 e. The molecule has 0 unspecified atom stereocenters. The summed E-state index contributed by atoms with van der Waals surface area (Å²) in [6.45, 7) is 3.04. The van der Waals surface area contributed by atoms with E-state index < -0.39 is 5.54 Å². The summed E-state index contributed by atoms with van der Waals surface area (Å²) in [6, 6.07) is 5.14. The van der Waals surface area contributed by atoms with Gasteiger partial charge in [0.2, 0.25) is 0 Å². The number of thioether (sulfide) groups is 1. The van der Waals surface area contributed by atoms with Gasteiger partial charge in [0.15, 0.2) is 0 Å². The van der Waals surface area contributed by atoms with Crippen LogP contribution in [0.25, 0.3) is 11.1 Å². The minimum atomic E-state index is -0.606. The smallest absolute Gasteiger partial charge is 0.128 e. The number of ether oxygens (including phenoxy) is 1. The molecule has 3 heterocycles. The van der Waals surface area contributed by atoms with Crippen molar-refractivity contribution in [2.75, 3.05) is 19.0 Å². The predicted octanol–water partition coefficient (Wildman–Crippen LogP) is 3.29. The van der Waals surface area contributed by atoms with Gasteiger partial charge in [-0.2, -0.15) is 0 Å². The Kier molecular flexibility index (Phi) is 3.66. The van der Waals surface area contributed by atoms with Crippen LogP contribution in [0.3, 0.4) is 0 Å². The maximum Gasteiger partial charge on any atom is 0.128 e. The van der Waals surface area contributed by atoms with Crippen LogP contribution in [0.5, 0.6) is 0 Å². The first-order valence-corrected chi connectivity index (χ1v) is 8.50. The van der Waals surface area contributed by atoms with Crippen molar-refractivity contribution >= 4 is 16.8 Å². The highest BCUT2D eigenvalue weighted by Gasteiger charge is 2.49. The van der Waals surface area contributed by atoms with Gasteiger partial charge in [0.1, 0.15) is 17.7 Å². The van der Waals surface area contributed by atoms with E-state index in [2.05, 4.69) is 9.97 Å². The van der Waals surface area contributed by atoms with Crippen molar-refractivity contribution < 1.29 is 9.13 Å². The fourth-order valence-corrected chi connectivity index (χ4v) is 4.34. The van der Waals surface area contributed by atoms with Gasteiger partial charge in [0, 0.05) is 35.2 Å². The Hall–Kier alpha value is -1.79. The molecular weight excluding hydrogens is 313 g/mol. The molecule has 1 fully saturated rings. The van der Waals surface area contributed by atoms with E-state index >= 15 is 0 Å². The quantitative estimate of drug-likeness (QED) is 0.848. The van der Waals surface area contributed by atoms with Gasteiger partial charge in [-0.25, -0.2) is 14.4 Å². The van der Waals surface area contributed by atoms with Crippen molar-refractivity contribution in [2.45, 2.75) is 12.5 Å². The lowest BCUT2D eigenvalue weighted by Gasteiger charge is -2.34. The zero-order valence-electron chi connectivity index (χ0n) is 12.7. The van der Waals surface area contributed by atoms with Crippen molar-refractivity contribution in [3.63, 3.8) is 0 Å². The van der Waals surface area contributed by atoms with E-state index in [0.29, 0.717) is 18.8 Å². The second-order valence-corrected chi connectivity index (χ2v) is 7.11. The third kappa shape index (κ3) is 2.46. The minimum absolute atomic E-state index is 0.202. The molecule has 6 heteroatoms. The number of rotatable bonds is 2. The molecule has 2 aromatic rings. The van der Waals surface area contributed by atoms with Crippen LogP contribution in [0.1, 0.15) is 12.5 Å². The molecule has 2 aliphatic rings. The highest BCUT2D eigenvalue weighted by atomic mass is 32.2. The topological polar surface area (TPSA) is 47.4 Å². The summed E-state index contributed by atoms with van der Waals surface area (Å²) in [5.41, 5.74) is 1.77. The second-order valence-electron chi connectivity index (χ2n) is 5.90. The molecule has 0 N–H and O–H groups in total. The number of aliphatic imine (C=N–C) groups is 1. The van der Waals surface area contributed by atoms with Crippen LogP contribution >= 0.6 is 11.8 Å². The van der Waals surface area contributed by atoms with E-state index in [-0.39, 0.29) is 11.7 Å². The molecule has 1 aromatic heterocycles. The summed E-state index contributed by atoms with van der Waals surface area (Å²) in [7, 11) is 0. The van der Waals surface area contributed by atoms with Crippen LogP contribution in [-0.2, 0) is 10.3 Å². The standard InChI is InChI=1S/C17H16FN3OS/c1-11-21-17(9-22-7-14(17)8-23-11)15-4-12(2-3-16(15)18)13-5-19-10-20-6-13/h2-6,10,14H,7-9H2,1H3/t14-,17-/m0/s1. The highest BCUT2D eigenvalue weighted by molar-refractivity contribution is 8.13. The maximum atomic E-state index is 14.7. The van der Waals surface area contributed by atoms with E-state index in [0.717, 1.165) is 21.9 Å². The van der Waals surface area contributed by atoms with Gasteiger partial charge >= 0.3 is 0 Å². The Bertz CT molecular complexity index is 768. The molecule has 4 nitrogen and oxygen atoms in total. The Morgan fingerprint density at radius 2 is 2.09 bits per heavy atom. The van der Waals surface area contributed by atoms with Gasteiger partial charge in [0.05, 0.1) is 18.3 Å². The number of nitrogens with zero attached hydrogens (tertiary/aromatic N) is 3. The van der Waals surface area contributed by atoms with Crippen LogP contribution in [0.4, 0.5) is 4.39 Å². The molecular formula is C17H16FN3OS. The van der Waals surface area contributed by atoms with E-state index in [1.807, 2.05) is 13.0 Å². The first-order chi connectivity index (χ1) is 11.2. The number of fused-ring (bicyclic) bond motifs is 1. The SMILES string of the molecule is CC1=N[C@@]2(c3cc(-c4cncnc4)ccc3F)COC[C@H]2CS1. The van der Waals surface area contributed by atoms with Crippen molar-refractivity contribution in [3.8, 4) is 11.1 Å². The zero-order chi connectivity index (χ0) is 15.9. The molecule has 0 amide bonds. The monoisotopic (exact) mass is 329 g/mol. The predicted molar refractivity (Wildman–Crippen MR) is 89.0 cm³/mol. The lowest BCUT2D eigenvalue weighted by Crippen LogP contribution is -2.38. The number of benzene rings is 1. The van der Waals surface area contributed by atoms with E-state index in [9.17, 15) is 4.39 Å². The van der Waals surface area contributed by atoms with Crippen LogP contribution in [-0.4, -0.2) is 34.0 Å². The summed E-state index contributed by atoms with van der Waals surface area (Å²) in [6.07, 6.45) is 4.95. The summed E-state index contributed by atoms with van der Waals surface area (Å²) >= 11 is 1.72. The number of halogens is 1. The Morgan fingerprint density at radius 3 is 2.91 bits per heavy atom. The van der Waals surface area contributed by atoms with Crippen molar-refractivity contribution in [3.05, 3.63) is 48.3 Å². The van der Waals surface area contributed by atoms with Crippen molar-refractivity contribution in [1.82, 2.24) is 9.97 Å². The second kappa shape index (κ2) is 5.69. The molecule has 0 radical (unpaired) electrons. The summed E-state index contributed by atoms with van der Waals surface area (Å²) in [5, 5.41) is 0.986. The molecule has 23 heavy (non-hydrogen) atoms. The molecule has 0 spiro atoms. The molecule has 2 aliphatic heterocycles. The zero-order valence-corrected chi connectivity index (χ0v) is 13.5. The van der Waals surface area contributed by atoms with Gasteiger partial charge in [-0.05, 0) is 24.6 Å². The number of hydrogen-bond acceptors (Lipinski definition) is 5. The Balaban J connectivity index is 1.86. The maximum absolute atomic E-state index is 14.7. The largest absolute Gasteiger partial charge is 0.378 e. The van der Waals surface area contributed by atoms with E-state index in [4.69, 9.17) is 9.73 Å². The van der Waals surface area contributed by atoms with Gasteiger partial charge in [-0.3, -0.25) is 4.99 Å².